The first-order valence-corrected chi connectivity index (χ1v) is 13.1. The van der Waals surface area contributed by atoms with Crippen LogP contribution >= 0.6 is 0 Å². The summed E-state index contributed by atoms with van der Waals surface area (Å²) in [6.45, 7) is 6.29. The van der Waals surface area contributed by atoms with E-state index in [2.05, 4.69) is 10.2 Å². The van der Waals surface area contributed by atoms with Crippen LogP contribution < -0.4 is 15.0 Å². The number of halogens is 3. The average Bonchev–Trinajstić information content (AvgIpc) is 3.57. The first-order chi connectivity index (χ1) is 18.2. The predicted octanol–water partition coefficient (Wildman–Crippen LogP) is 4.87. The summed E-state index contributed by atoms with van der Waals surface area (Å²) in [5.41, 5.74) is 3.38. The minimum Gasteiger partial charge on any atom is -0.472 e. The molecule has 3 aliphatic heterocycles. The number of anilines is 2. The second-order valence-corrected chi connectivity index (χ2v) is 10.1. The number of likely N-dealkylation sites (tertiary alicyclic amines) is 1. The number of ether oxygens (including phenoxy) is 3. The van der Waals surface area contributed by atoms with Gasteiger partial charge < -0.3 is 29.3 Å². The molecular formula is C27H33F3N4O4. The smallest absolute Gasteiger partial charge is 0.389 e. The SMILES string of the molecule is Cc1ccc(NC(=O)N2CCC(CC(F)(F)F)C2)cc1-c1cc(O[C@H]2CCOC2)nc(N2CCOCC2)c1. The molecule has 0 bridgehead atoms. The largest absolute Gasteiger partial charge is 0.472 e. The zero-order chi connectivity index (χ0) is 26.7. The number of nitrogens with zero attached hydrogens (tertiary/aromatic N) is 3. The number of pyridine rings is 1. The van der Waals surface area contributed by atoms with Crippen LogP contribution in [0.15, 0.2) is 30.3 Å². The van der Waals surface area contributed by atoms with Crippen molar-refractivity contribution in [3.63, 3.8) is 0 Å². The van der Waals surface area contributed by atoms with Gasteiger partial charge in [-0.25, -0.2) is 4.79 Å². The van der Waals surface area contributed by atoms with Gasteiger partial charge in [-0.15, -0.1) is 0 Å². The van der Waals surface area contributed by atoms with Crippen LogP contribution in [-0.4, -0.2) is 80.8 Å². The van der Waals surface area contributed by atoms with Gasteiger partial charge in [-0.05, 0) is 54.2 Å². The van der Waals surface area contributed by atoms with Crippen molar-refractivity contribution in [3.05, 3.63) is 35.9 Å². The van der Waals surface area contributed by atoms with Gasteiger partial charge in [0.25, 0.3) is 0 Å². The van der Waals surface area contributed by atoms with Crippen LogP contribution in [0.1, 0.15) is 24.8 Å². The van der Waals surface area contributed by atoms with E-state index in [4.69, 9.17) is 19.2 Å². The molecule has 0 spiro atoms. The Bertz CT molecular complexity index is 1130. The highest BCUT2D eigenvalue weighted by Gasteiger charge is 2.36. The summed E-state index contributed by atoms with van der Waals surface area (Å²) in [4.78, 5) is 21.2. The molecule has 11 heteroatoms. The third kappa shape index (κ3) is 6.68. The maximum Gasteiger partial charge on any atom is 0.389 e. The van der Waals surface area contributed by atoms with Crippen LogP contribution in [0.4, 0.5) is 29.5 Å². The summed E-state index contributed by atoms with van der Waals surface area (Å²) in [5.74, 6) is 0.746. The predicted molar refractivity (Wildman–Crippen MR) is 137 cm³/mol. The first kappa shape index (κ1) is 26.6. The van der Waals surface area contributed by atoms with Crippen LogP contribution in [0.3, 0.4) is 0 Å². The van der Waals surface area contributed by atoms with Crippen molar-refractivity contribution >= 4 is 17.5 Å². The maximum absolute atomic E-state index is 12.8. The van der Waals surface area contributed by atoms with E-state index in [0.717, 1.165) is 42.0 Å². The van der Waals surface area contributed by atoms with Crippen molar-refractivity contribution in [1.82, 2.24) is 9.88 Å². The fourth-order valence-electron chi connectivity index (χ4n) is 5.16. The summed E-state index contributed by atoms with van der Waals surface area (Å²) in [7, 11) is 0. The Hall–Kier alpha value is -3.05. The Morgan fingerprint density at radius 2 is 1.92 bits per heavy atom. The zero-order valence-electron chi connectivity index (χ0n) is 21.4. The molecular weight excluding hydrogens is 501 g/mol. The number of carbonyl (C=O) groups is 1. The Morgan fingerprint density at radius 3 is 2.66 bits per heavy atom. The molecule has 0 aliphatic carbocycles. The minimum atomic E-state index is -4.22. The summed E-state index contributed by atoms with van der Waals surface area (Å²) in [5, 5.41) is 2.87. The fourth-order valence-corrected chi connectivity index (χ4v) is 5.16. The highest BCUT2D eigenvalue weighted by atomic mass is 19.4. The molecule has 3 fully saturated rings. The monoisotopic (exact) mass is 534 g/mol. The molecule has 2 amide bonds. The number of alkyl halides is 3. The molecule has 0 radical (unpaired) electrons. The second-order valence-electron chi connectivity index (χ2n) is 10.1. The molecule has 2 aromatic rings. The molecule has 3 aliphatic rings. The van der Waals surface area contributed by atoms with Crippen LogP contribution in [-0.2, 0) is 9.47 Å². The normalized spacial score (nSPS) is 22.1. The molecule has 38 heavy (non-hydrogen) atoms. The van der Waals surface area contributed by atoms with Crippen molar-refractivity contribution in [3.8, 4) is 17.0 Å². The average molecular weight is 535 g/mol. The van der Waals surface area contributed by atoms with E-state index in [1.807, 2.05) is 31.2 Å². The standard InChI is InChI=1S/C27H33F3N4O4/c1-18-2-3-21(31-26(35)34-6-4-19(16-34)15-27(28,29)30)14-23(18)20-12-24(33-7-10-36-11-8-33)32-25(13-20)38-22-5-9-37-17-22/h2-3,12-14,19,22H,4-11,15-17H2,1H3,(H,31,35)/t19?,22-/m0/s1. The number of hydrogen-bond acceptors (Lipinski definition) is 6. The van der Waals surface area contributed by atoms with Crippen molar-refractivity contribution in [2.45, 2.75) is 38.5 Å². The van der Waals surface area contributed by atoms with E-state index in [0.29, 0.717) is 51.0 Å². The molecule has 2 atom stereocenters. The molecule has 1 aromatic carbocycles. The molecule has 206 valence electrons. The molecule has 1 aromatic heterocycles. The van der Waals surface area contributed by atoms with Gasteiger partial charge in [0.2, 0.25) is 5.88 Å². The minimum absolute atomic E-state index is 0.0522. The van der Waals surface area contributed by atoms with Crippen molar-refractivity contribution in [2.24, 2.45) is 5.92 Å². The Morgan fingerprint density at radius 1 is 1.11 bits per heavy atom. The van der Waals surface area contributed by atoms with Crippen molar-refractivity contribution in [2.75, 3.05) is 62.8 Å². The topological polar surface area (TPSA) is 76.2 Å². The van der Waals surface area contributed by atoms with E-state index >= 15 is 0 Å². The number of carbonyl (C=O) groups excluding carboxylic acids is 1. The highest BCUT2D eigenvalue weighted by molar-refractivity contribution is 5.90. The van der Waals surface area contributed by atoms with Gasteiger partial charge in [0.15, 0.2) is 0 Å². The van der Waals surface area contributed by atoms with Crippen molar-refractivity contribution in [1.29, 1.82) is 0 Å². The molecule has 4 heterocycles. The quantitative estimate of drug-likeness (QED) is 0.570. The number of morpholine rings is 1. The highest BCUT2D eigenvalue weighted by Crippen LogP contribution is 2.34. The molecule has 5 rings (SSSR count). The number of aryl methyl sites for hydroxylation is 1. The number of urea groups is 1. The molecule has 8 nitrogen and oxygen atoms in total. The lowest BCUT2D eigenvalue weighted by atomic mass is 10.00. The van der Waals surface area contributed by atoms with E-state index in [1.165, 1.54) is 4.90 Å². The molecule has 3 saturated heterocycles. The van der Waals surface area contributed by atoms with Gasteiger partial charge >= 0.3 is 12.2 Å². The second kappa shape index (κ2) is 11.4. The fraction of sp³-hybridized carbons (Fsp3) is 0.556. The Balaban J connectivity index is 1.36. The summed E-state index contributed by atoms with van der Waals surface area (Å²) >= 11 is 0. The summed E-state index contributed by atoms with van der Waals surface area (Å²) < 4.78 is 55.4. The molecule has 1 N–H and O–H groups in total. The van der Waals surface area contributed by atoms with Crippen LogP contribution in [0.5, 0.6) is 5.88 Å². The van der Waals surface area contributed by atoms with E-state index in [9.17, 15) is 18.0 Å². The van der Waals surface area contributed by atoms with Crippen molar-refractivity contribution < 1.29 is 32.2 Å². The number of amides is 2. The van der Waals surface area contributed by atoms with Gasteiger partial charge in [0, 0.05) is 50.8 Å². The number of aromatic nitrogens is 1. The number of nitrogens with one attached hydrogen (secondary N) is 1. The van der Waals surface area contributed by atoms with Gasteiger partial charge in [-0.3, -0.25) is 0 Å². The third-order valence-corrected chi connectivity index (χ3v) is 7.19. The van der Waals surface area contributed by atoms with E-state index < -0.39 is 24.5 Å². The van der Waals surface area contributed by atoms with Gasteiger partial charge in [0.05, 0.1) is 26.4 Å². The Kier molecular flexibility index (Phi) is 7.94. The van der Waals surface area contributed by atoms with E-state index in [1.54, 1.807) is 6.07 Å². The lowest BCUT2D eigenvalue weighted by Gasteiger charge is -2.28. The Labute approximate surface area is 220 Å². The molecule has 1 unspecified atom stereocenters. The van der Waals surface area contributed by atoms with Gasteiger partial charge in [-0.2, -0.15) is 18.2 Å². The lowest BCUT2D eigenvalue weighted by Crippen LogP contribution is -2.36. The maximum atomic E-state index is 12.8. The number of benzene rings is 1. The number of rotatable bonds is 6. The first-order valence-electron chi connectivity index (χ1n) is 13.1. The van der Waals surface area contributed by atoms with Gasteiger partial charge in [0.1, 0.15) is 11.9 Å². The van der Waals surface area contributed by atoms with Crippen LogP contribution in [0.25, 0.3) is 11.1 Å². The van der Waals surface area contributed by atoms with Gasteiger partial charge in [-0.1, -0.05) is 6.07 Å². The number of hydrogen-bond donors (Lipinski definition) is 1. The van der Waals surface area contributed by atoms with E-state index in [-0.39, 0.29) is 12.6 Å². The summed E-state index contributed by atoms with van der Waals surface area (Å²) in [6.07, 6.45) is -3.98. The third-order valence-electron chi connectivity index (χ3n) is 7.19. The van der Waals surface area contributed by atoms with Crippen LogP contribution in [0, 0.1) is 12.8 Å². The zero-order valence-corrected chi connectivity index (χ0v) is 21.4. The lowest BCUT2D eigenvalue weighted by molar-refractivity contribution is -0.143. The summed E-state index contributed by atoms with van der Waals surface area (Å²) in [6, 6.07) is 9.13. The van der Waals surface area contributed by atoms with Crippen LogP contribution in [0.2, 0.25) is 0 Å². The molecule has 0 saturated carbocycles.